The number of hydrogen-bond acceptors (Lipinski definition) is 6. The van der Waals surface area contributed by atoms with Crippen LogP contribution in [0, 0.1) is 0 Å². The molecule has 0 unspecified atom stereocenters. The SMILES string of the molecule is COc1ccc(Cn2nnc(-c3cnn(-c4ccc(Cl)c(Cl)c4)c3SCc3ccccc3)n2)cc1. The lowest BCUT2D eigenvalue weighted by Crippen LogP contribution is -2.04. The fourth-order valence-electron chi connectivity index (χ4n) is 3.47. The number of thioether (sulfide) groups is 1. The Bertz CT molecular complexity index is 1440. The summed E-state index contributed by atoms with van der Waals surface area (Å²) in [7, 11) is 1.64. The highest BCUT2D eigenvalue weighted by Gasteiger charge is 2.19. The summed E-state index contributed by atoms with van der Waals surface area (Å²) >= 11 is 14.1. The Hall–Kier alpha value is -3.33. The molecule has 2 heterocycles. The molecule has 176 valence electrons. The van der Waals surface area contributed by atoms with E-state index < -0.39 is 0 Å². The topological polar surface area (TPSA) is 70.7 Å². The minimum absolute atomic E-state index is 0.462. The van der Waals surface area contributed by atoms with E-state index in [0.29, 0.717) is 22.4 Å². The molecule has 0 saturated heterocycles. The van der Waals surface area contributed by atoms with E-state index in [9.17, 15) is 0 Å². The summed E-state index contributed by atoms with van der Waals surface area (Å²) in [6.07, 6.45) is 1.75. The smallest absolute Gasteiger partial charge is 0.209 e. The van der Waals surface area contributed by atoms with Crippen molar-refractivity contribution in [3.05, 3.63) is 100 Å². The molecule has 5 rings (SSSR count). The molecule has 3 aromatic carbocycles. The molecule has 2 aromatic heterocycles. The number of methoxy groups -OCH3 is 1. The van der Waals surface area contributed by atoms with Gasteiger partial charge in [0.2, 0.25) is 5.82 Å². The average molecular weight is 523 g/mol. The second-order valence-electron chi connectivity index (χ2n) is 7.64. The fraction of sp³-hybridized carbons (Fsp3) is 0.120. The predicted molar refractivity (Wildman–Crippen MR) is 138 cm³/mol. The van der Waals surface area contributed by atoms with Crippen molar-refractivity contribution in [2.75, 3.05) is 7.11 Å². The molecule has 5 aromatic rings. The van der Waals surface area contributed by atoms with Gasteiger partial charge in [-0.05, 0) is 46.7 Å². The summed E-state index contributed by atoms with van der Waals surface area (Å²) in [5, 5.41) is 19.7. The average Bonchev–Trinajstić information content (AvgIpc) is 3.52. The molecule has 0 spiro atoms. The maximum atomic E-state index is 6.29. The van der Waals surface area contributed by atoms with Crippen LogP contribution in [-0.4, -0.2) is 37.1 Å². The lowest BCUT2D eigenvalue weighted by Gasteiger charge is -2.09. The zero-order chi connectivity index (χ0) is 24.2. The Balaban J connectivity index is 1.47. The van der Waals surface area contributed by atoms with Crippen LogP contribution >= 0.6 is 35.0 Å². The summed E-state index contributed by atoms with van der Waals surface area (Å²) < 4.78 is 7.05. The van der Waals surface area contributed by atoms with Crippen molar-refractivity contribution < 1.29 is 4.74 Å². The van der Waals surface area contributed by atoms with E-state index in [0.717, 1.165) is 33.3 Å². The lowest BCUT2D eigenvalue weighted by atomic mass is 10.2. The molecule has 0 aliphatic carbocycles. The number of hydrogen-bond donors (Lipinski definition) is 0. The van der Waals surface area contributed by atoms with Crippen LogP contribution < -0.4 is 4.74 Å². The van der Waals surface area contributed by atoms with E-state index in [2.05, 4.69) is 32.6 Å². The summed E-state index contributed by atoms with van der Waals surface area (Å²) in [6.45, 7) is 0.490. The fourth-order valence-corrected chi connectivity index (χ4v) is 4.83. The van der Waals surface area contributed by atoms with Crippen LogP contribution in [0.2, 0.25) is 10.0 Å². The van der Waals surface area contributed by atoms with Gasteiger partial charge in [0.05, 0.1) is 41.1 Å². The minimum atomic E-state index is 0.462. The third kappa shape index (κ3) is 5.35. The predicted octanol–water partition coefficient (Wildman–Crippen LogP) is 6.18. The van der Waals surface area contributed by atoms with Crippen LogP contribution in [0.4, 0.5) is 0 Å². The molecule has 0 bridgehead atoms. The van der Waals surface area contributed by atoms with Crippen LogP contribution in [0.25, 0.3) is 17.1 Å². The van der Waals surface area contributed by atoms with Gasteiger partial charge >= 0.3 is 0 Å². The molecule has 0 radical (unpaired) electrons. The lowest BCUT2D eigenvalue weighted by molar-refractivity contribution is 0.414. The number of rotatable bonds is 8. The van der Waals surface area contributed by atoms with Gasteiger partial charge in [0.1, 0.15) is 10.8 Å². The first-order valence-electron chi connectivity index (χ1n) is 10.7. The summed E-state index contributed by atoms with van der Waals surface area (Å²) in [4.78, 5) is 1.57. The minimum Gasteiger partial charge on any atom is -0.497 e. The van der Waals surface area contributed by atoms with Gasteiger partial charge in [-0.15, -0.1) is 22.0 Å². The van der Waals surface area contributed by atoms with Gasteiger partial charge in [-0.2, -0.15) is 9.90 Å². The van der Waals surface area contributed by atoms with Gasteiger partial charge in [0.15, 0.2) is 0 Å². The van der Waals surface area contributed by atoms with Gasteiger partial charge in [0.25, 0.3) is 0 Å². The number of ether oxygens (including phenoxy) is 1. The zero-order valence-electron chi connectivity index (χ0n) is 18.7. The van der Waals surface area contributed by atoms with Crippen molar-refractivity contribution in [2.45, 2.75) is 17.3 Å². The zero-order valence-corrected chi connectivity index (χ0v) is 21.0. The number of benzene rings is 3. The number of aromatic nitrogens is 6. The van der Waals surface area contributed by atoms with Crippen molar-refractivity contribution in [1.82, 2.24) is 30.0 Å². The second-order valence-corrected chi connectivity index (χ2v) is 9.42. The van der Waals surface area contributed by atoms with Crippen molar-refractivity contribution in [3.63, 3.8) is 0 Å². The van der Waals surface area contributed by atoms with Gasteiger partial charge in [-0.3, -0.25) is 0 Å². The van der Waals surface area contributed by atoms with Gasteiger partial charge in [0, 0.05) is 5.75 Å². The van der Waals surface area contributed by atoms with Crippen LogP contribution in [0.3, 0.4) is 0 Å². The number of nitrogens with zero attached hydrogens (tertiary/aromatic N) is 6. The molecule has 0 amide bonds. The third-order valence-corrected chi connectivity index (χ3v) is 7.15. The van der Waals surface area contributed by atoms with Crippen molar-refractivity contribution in [1.29, 1.82) is 0 Å². The maximum Gasteiger partial charge on any atom is 0.209 e. The molecule has 0 aliphatic rings. The first-order chi connectivity index (χ1) is 17.1. The first-order valence-corrected chi connectivity index (χ1v) is 12.5. The van der Waals surface area contributed by atoms with E-state index in [1.165, 1.54) is 5.56 Å². The highest BCUT2D eigenvalue weighted by molar-refractivity contribution is 7.98. The summed E-state index contributed by atoms with van der Waals surface area (Å²) in [6, 6.07) is 23.5. The summed E-state index contributed by atoms with van der Waals surface area (Å²) in [5.41, 5.74) is 3.83. The van der Waals surface area contributed by atoms with Crippen molar-refractivity contribution in [3.8, 4) is 22.8 Å². The monoisotopic (exact) mass is 522 g/mol. The van der Waals surface area contributed by atoms with Crippen molar-refractivity contribution >= 4 is 35.0 Å². The Morgan fingerprint density at radius 3 is 2.46 bits per heavy atom. The van der Waals surface area contributed by atoms with Crippen LogP contribution in [0.5, 0.6) is 5.75 Å². The Morgan fingerprint density at radius 2 is 1.71 bits per heavy atom. The standard InChI is InChI=1S/C25H20Cl2N6OS/c1-34-20-10-7-17(8-11-20)15-32-30-24(29-31-32)21-14-28-33(19-9-12-22(26)23(27)13-19)25(21)35-16-18-5-3-2-4-6-18/h2-14H,15-16H2,1H3. The van der Waals surface area contributed by atoms with E-state index in [-0.39, 0.29) is 0 Å². The van der Waals surface area contributed by atoms with Crippen molar-refractivity contribution in [2.24, 2.45) is 0 Å². The van der Waals surface area contributed by atoms with Gasteiger partial charge < -0.3 is 4.74 Å². The number of halogens is 2. The van der Waals surface area contributed by atoms with Crippen LogP contribution in [0.15, 0.2) is 84.0 Å². The first kappa shape index (κ1) is 23.4. The van der Waals surface area contributed by atoms with E-state index >= 15 is 0 Å². The Morgan fingerprint density at radius 1 is 0.914 bits per heavy atom. The van der Waals surface area contributed by atoms with Crippen LogP contribution in [-0.2, 0) is 12.3 Å². The second kappa shape index (κ2) is 10.5. The van der Waals surface area contributed by atoms with E-state index in [1.54, 1.807) is 42.0 Å². The molecule has 0 fully saturated rings. The van der Waals surface area contributed by atoms with Crippen LogP contribution in [0.1, 0.15) is 11.1 Å². The Labute approximate surface area is 216 Å². The summed E-state index contributed by atoms with van der Waals surface area (Å²) in [5.74, 6) is 2.05. The molecule has 7 nitrogen and oxygen atoms in total. The quantitative estimate of drug-likeness (QED) is 0.226. The Kier molecular flexibility index (Phi) is 7.03. The molecule has 0 saturated carbocycles. The molecular weight excluding hydrogens is 503 g/mol. The number of tetrazole rings is 1. The highest BCUT2D eigenvalue weighted by atomic mass is 35.5. The highest BCUT2D eigenvalue weighted by Crippen LogP contribution is 2.35. The molecule has 0 atom stereocenters. The third-order valence-electron chi connectivity index (χ3n) is 5.27. The van der Waals surface area contributed by atoms with E-state index in [4.69, 9.17) is 27.9 Å². The van der Waals surface area contributed by atoms with Gasteiger partial charge in [-0.1, -0.05) is 65.7 Å². The largest absolute Gasteiger partial charge is 0.497 e. The molecule has 0 aliphatic heterocycles. The molecule has 35 heavy (non-hydrogen) atoms. The molecule has 0 N–H and O–H groups in total. The molecule has 10 heteroatoms. The van der Waals surface area contributed by atoms with E-state index in [1.807, 2.05) is 53.2 Å². The maximum absolute atomic E-state index is 6.29. The van der Waals surface area contributed by atoms with Gasteiger partial charge in [-0.25, -0.2) is 4.68 Å². The normalized spacial score (nSPS) is 11.1. The molecular formula is C25H20Cl2N6OS.